The van der Waals surface area contributed by atoms with Gasteiger partial charge in [0, 0.05) is 31.5 Å². The van der Waals surface area contributed by atoms with Crippen LogP contribution in [-0.2, 0) is 46.4 Å². The van der Waals surface area contributed by atoms with Gasteiger partial charge < -0.3 is 30.0 Å². The van der Waals surface area contributed by atoms with E-state index < -0.39 is 47.2 Å². The number of hydrogen-bond acceptors (Lipinski definition) is 10. The van der Waals surface area contributed by atoms with Crippen LogP contribution in [0.3, 0.4) is 0 Å². The number of hydrogen-bond donors (Lipinski definition) is 3. The number of rotatable bonds is 18. The van der Waals surface area contributed by atoms with E-state index in [2.05, 4.69) is 17.6 Å². The molecular formula is C42H65N3O9. The second kappa shape index (κ2) is 20.5. The summed E-state index contributed by atoms with van der Waals surface area (Å²) in [5, 5.41) is 16.1. The summed E-state index contributed by atoms with van der Waals surface area (Å²) in [5.41, 5.74) is 0.955. The number of amides is 2. The lowest BCUT2D eigenvalue weighted by molar-refractivity contribution is -0.158. The third-order valence-electron chi connectivity index (χ3n) is 8.40. The number of aryl methyl sites for hydroxylation is 1. The number of esters is 3. The molecule has 2 rings (SSSR count). The Kier molecular flexibility index (Phi) is 17.4. The lowest BCUT2D eigenvalue weighted by atomic mass is 9.75. The molecule has 0 radical (unpaired) electrons. The van der Waals surface area contributed by atoms with Crippen LogP contribution in [0.1, 0.15) is 139 Å². The number of aliphatic hydroxyl groups excluding tert-OH is 1. The summed E-state index contributed by atoms with van der Waals surface area (Å²) < 4.78 is 16.5. The van der Waals surface area contributed by atoms with Gasteiger partial charge in [0.2, 0.25) is 0 Å². The lowest BCUT2D eigenvalue weighted by Crippen LogP contribution is -2.52. The highest BCUT2D eigenvalue weighted by molar-refractivity contribution is 6.23. The van der Waals surface area contributed by atoms with Crippen molar-refractivity contribution >= 4 is 35.4 Å². The van der Waals surface area contributed by atoms with E-state index in [0.717, 1.165) is 17.5 Å². The SMILES string of the molecule is CCc1ccc(COC(=O)C(CCCCN=C(CC(C)C)C2=C(O)CC(C)(C)CC2=O)NC(=O)NC(CCC(=O)OC(C)(C)C)C(=O)OC(C)(C)C)cc1. The number of unbranched alkanes of at least 4 members (excludes halogenated alkanes) is 1. The number of carbonyl (C=O) groups excluding carboxylic acids is 5. The van der Waals surface area contributed by atoms with Gasteiger partial charge in [-0.2, -0.15) is 0 Å². The predicted molar refractivity (Wildman–Crippen MR) is 209 cm³/mol. The van der Waals surface area contributed by atoms with Crippen molar-refractivity contribution in [3.63, 3.8) is 0 Å². The molecule has 0 aliphatic heterocycles. The average Bonchev–Trinajstić information content (AvgIpc) is 3.02. The van der Waals surface area contributed by atoms with E-state index in [4.69, 9.17) is 19.2 Å². The van der Waals surface area contributed by atoms with Crippen LogP contribution in [0.2, 0.25) is 0 Å². The van der Waals surface area contributed by atoms with Crippen LogP contribution in [0.15, 0.2) is 40.6 Å². The van der Waals surface area contributed by atoms with Crippen LogP contribution in [0.4, 0.5) is 4.79 Å². The standard InChI is InChI=1S/C42H65N3O9/c1-12-28-16-18-29(19-17-28)26-52-37(49)30(15-13-14-22-43-32(23-27(2)3)36-33(46)24-42(10,11)25-34(36)47)44-39(51)45-31(38(50)54-41(7,8)9)20-21-35(48)53-40(4,5)6/h16-19,27,30-31,46H,12-15,20-26H2,1-11H3,(H2,44,45,51). The molecule has 302 valence electrons. The van der Waals surface area contributed by atoms with Crippen molar-refractivity contribution in [3.05, 3.63) is 46.7 Å². The summed E-state index contributed by atoms with van der Waals surface area (Å²) in [4.78, 5) is 70.2. The van der Waals surface area contributed by atoms with Crippen molar-refractivity contribution in [1.29, 1.82) is 0 Å². The maximum atomic E-state index is 13.4. The highest BCUT2D eigenvalue weighted by Gasteiger charge is 2.35. The maximum absolute atomic E-state index is 13.4. The van der Waals surface area contributed by atoms with Crippen LogP contribution in [-0.4, -0.2) is 70.4 Å². The fraction of sp³-hybridized carbons (Fsp3) is 0.667. The quantitative estimate of drug-likeness (QED) is 0.0590. The molecule has 1 aliphatic carbocycles. The molecule has 0 fully saturated rings. The Balaban J connectivity index is 2.22. The first-order valence-corrected chi connectivity index (χ1v) is 19.2. The van der Waals surface area contributed by atoms with Crippen LogP contribution >= 0.6 is 0 Å². The first kappa shape index (κ1) is 45.9. The van der Waals surface area contributed by atoms with Crippen molar-refractivity contribution < 1.29 is 43.3 Å². The highest BCUT2D eigenvalue weighted by Crippen LogP contribution is 2.37. The van der Waals surface area contributed by atoms with E-state index in [9.17, 15) is 29.1 Å². The summed E-state index contributed by atoms with van der Waals surface area (Å²) >= 11 is 0. The second-order valence-electron chi connectivity index (χ2n) is 17.3. The number of carbonyl (C=O) groups is 5. The van der Waals surface area contributed by atoms with Gasteiger partial charge in [0.25, 0.3) is 0 Å². The van der Waals surface area contributed by atoms with Crippen LogP contribution in [0.25, 0.3) is 0 Å². The van der Waals surface area contributed by atoms with E-state index >= 15 is 0 Å². The zero-order chi connectivity index (χ0) is 40.9. The van der Waals surface area contributed by atoms with Crippen LogP contribution < -0.4 is 10.6 Å². The number of Topliss-reactive ketones (excluding diaryl/α,β-unsaturated/α-hetero) is 1. The average molecular weight is 756 g/mol. The molecule has 0 bridgehead atoms. The molecule has 1 aromatic rings. The molecule has 2 atom stereocenters. The molecule has 54 heavy (non-hydrogen) atoms. The number of ketones is 1. The molecule has 0 heterocycles. The third-order valence-corrected chi connectivity index (χ3v) is 8.40. The molecule has 0 saturated heterocycles. The number of aliphatic imine (C=N–C) groups is 1. The van der Waals surface area contributed by atoms with Gasteiger partial charge in [0.05, 0.1) is 5.57 Å². The molecule has 1 aromatic carbocycles. The van der Waals surface area contributed by atoms with E-state index in [1.807, 2.05) is 52.0 Å². The van der Waals surface area contributed by atoms with Gasteiger partial charge in [-0.15, -0.1) is 0 Å². The topological polar surface area (TPSA) is 170 Å². The molecular weight excluding hydrogens is 690 g/mol. The molecule has 1 aliphatic rings. The number of nitrogens with zero attached hydrogens (tertiary/aromatic N) is 1. The van der Waals surface area contributed by atoms with Crippen molar-refractivity contribution in [2.75, 3.05) is 6.54 Å². The van der Waals surface area contributed by atoms with Crippen molar-refractivity contribution in [1.82, 2.24) is 10.6 Å². The normalized spacial score (nSPS) is 16.1. The summed E-state index contributed by atoms with van der Waals surface area (Å²) in [5.74, 6) is -1.74. The van der Waals surface area contributed by atoms with Gasteiger partial charge in [0.15, 0.2) is 5.78 Å². The second-order valence-corrected chi connectivity index (χ2v) is 17.3. The minimum absolute atomic E-state index is 0.00530. The van der Waals surface area contributed by atoms with E-state index in [1.165, 1.54) is 0 Å². The minimum Gasteiger partial charge on any atom is -0.511 e. The Morgan fingerprint density at radius 2 is 1.43 bits per heavy atom. The monoisotopic (exact) mass is 755 g/mol. The Morgan fingerprint density at radius 1 is 0.852 bits per heavy atom. The first-order valence-electron chi connectivity index (χ1n) is 19.2. The molecule has 0 spiro atoms. The van der Waals surface area contributed by atoms with E-state index in [0.29, 0.717) is 49.9 Å². The van der Waals surface area contributed by atoms with Gasteiger partial charge in [-0.1, -0.05) is 58.9 Å². The van der Waals surface area contributed by atoms with Crippen molar-refractivity contribution in [2.24, 2.45) is 16.3 Å². The van der Waals surface area contributed by atoms with Gasteiger partial charge in [-0.3, -0.25) is 14.6 Å². The van der Waals surface area contributed by atoms with E-state index in [1.54, 1.807) is 41.5 Å². The van der Waals surface area contributed by atoms with Crippen LogP contribution in [0.5, 0.6) is 0 Å². The fourth-order valence-corrected chi connectivity index (χ4v) is 5.93. The molecule has 2 amide bonds. The zero-order valence-corrected chi connectivity index (χ0v) is 34.5. The number of benzene rings is 1. The van der Waals surface area contributed by atoms with Crippen molar-refractivity contribution in [3.8, 4) is 0 Å². The highest BCUT2D eigenvalue weighted by atomic mass is 16.6. The molecule has 0 aromatic heterocycles. The smallest absolute Gasteiger partial charge is 0.329 e. The number of allylic oxidation sites excluding steroid dienone is 2. The lowest BCUT2D eigenvalue weighted by Gasteiger charge is -2.30. The summed E-state index contributed by atoms with van der Waals surface area (Å²) in [6, 6.07) is 4.63. The summed E-state index contributed by atoms with van der Waals surface area (Å²) in [6.07, 6.45) is 3.10. The predicted octanol–water partition coefficient (Wildman–Crippen LogP) is 7.65. The Morgan fingerprint density at radius 3 is 1.96 bits per heavy atom. The van der Waals surface area contributed by atoms with Gasteiger partial charge in [0.1, 0.15) is 35.7 Å². The number of urea groups is 1. The summed E-state index contributed by atoms with van der Waals surface area (Å²) in [6.45, 7) is 20.7. The Labute approximate surface area is 322 Å². The number of nitrogens with one attached hydrogen (secondary N) is 2. The largest absolute Gasteiger partial charge is 0.511 e. The molecule has 12 nitrogen and oxygen atoms in total. The summed E-state index contributed by atoms with van der Waals surface area (Å²) in [7, 11) is 0. The Bertz CT molecular complexity index is 1510. The molecule has 3 N–H and O–H groups in total. The molecule has 0 saturated carbocycles. The van der Waals surface area contributed by atoms with Gasteiger partial charge in [-0.25, -0.2) is 14.4 Å². The minimum atomic E-state index is -1.20. The number of ether oxygens (including phenoxy) is 3. The van der Waals surface area contributed by atoms with Gasteiger partial charge in [-0.05, 0) is 103 Å². The van der Waals surface area contributed by atoms with Crippen LogP contribution in [0, 0.1) is 11.3 Å². The van der Waals surface area contributed by atoms with Crippen molar-refractivity contribution in [2.45, 2.75) is 164 Å². The zero-order valence-electron chi connectivity index (χ0n) is 34.5. The van der Waals surface area contributed by atoms with E-state index in [-0.39, 0.29) is 48.7 Å². The Hall–Kier alpha value is -4.22. The first-order chi connectivity index (χ1) is 25.0. The fourth-order valence-electron chi connectivity index (χ4n) is 5.93. The molecule has 12 heteroatoms. The third kappa shape index (κ3) is 17.3. The molecule has 2 unspecified atom stereocenters. The van der Waals surface area contributed by atoms with Gasteiger partial charge >= 0.3 is 23.9 Å². The number of aliphatic hydroxyl groups is 1. The maximum Gasteiger partial charge on any atom is 0.329 e.